The van der Waals surface area contributed by atoms with Gasteiger partial charge in [0.1, 0.15) is 10.5 Å². The third kappa shape index (κ3) is 3.32. The van der Waals surface area contributed by atoms with Crippen LogP contribution in [0.15, 0.2) is 17.0 Å². The first-order valence-corrected chi connectivity index (χ1v) is 9.27. The smallest absolute Gasteiger partial charge is 0.417 e. The normalized spacial score (nSPS) is 15.2. The molecule has 0 saturated heterocycles. The maximum Gasteiger partial charge on any atom is 0.417 e. The van der Waals surface area contributed by atoms with Gasteiger partial charge in [0.15, 0.2) is 0 Å². The number of aromatic nitrogens is 2. The Labute approximate surface area is 152 Å². The molecule has 2 N–H and O–H groups in total. The summed E-state index contributed by atoms with van der Waals surface area (Å²) in [6, 6.07) is 1.26. The van der Waals surface area contributed by atoms with Crippen molar-refractivity contribution in [2.24, 2.45) is 7.05 Å². The summed E-state index contributed by atoms with van der Waals surface area (Å²) in [5, 5.41) is 14.2. The molecular weight excluding hydrogens is 389 g/mol. The zero-order valence-corrected chi connectivity index (χ0v) is 15.0. The van der Waals surface area contributed by atoms with Crippen molar-refractivity contribution in [1.29, 1.82) is 0 Å². The van der Waals surface area contributed by atoms with Crippen LogP contribution >= 0.6 is 0 Å². The van der Waals surface area contributed by atoms with Gasteiger partial charge in [0, 0.05) is 18.5 Å². The van der Waals surface area contributed by atoms with Crippen LogP contribution in [0.5, 0.6) is 5.88 Å². The molecule has 11 heteroatoms. The molecule has 3 rings (SSSR count). The van der Waals surface area contributed by atoms with Gasteiger partial charge in [-0.3, -0.25) is 9.35 Å². The summed E-state index contributed by atoms with van der Waals surface area (Å²) in [4.78, 5) is 11.5. The lowest BCUT2D eigenvalue weighted by molar-refractivity contribution is -0.140. The predicted octanol–water partition coefficient (Wildman–Crippen LogP) is 2.81. The summed E-state index contributed by atoms with van der Waals surface area (Å²) in [5.74, 6) is -1.37. The van der Waals surface area contributed by atoms with Crippen molar-refractivity contribution in [2.75, 3.05) is 0 Å². The van der Waals surface area contributed by atoms with Crippen molar-refractivity contribution in [3.8, 4) is 5.88 Å². The number of rotatable bonds is 4. The Bertz CT molecular complexity index is 1050. The van der Waals surface area contributed by atoms with E-state index in [9.17, 15) is 36.0 Å². The number of aryl methyl sites for hydroxylation is 1. The molecule has 0 atom stereocenters. The summed E-state index contributed by atoms with van der Waals surface area (Å²) in [6.07, 6.45) is -3.55. The average Bonchev–Trinajstić information content (AvgIpc) is 3.31. The molecule has 7 nitrogen and oxygen atoms in total. The fourth-order valence-corrected chi connectivity index (χ4v) is 3.98. The molecule has 1 heterocycles. The Hall–Kier alpha value is -2.40. The lowest BCUT2D eigenvalue weighted by atomic mass is 9.96. The number of aromatic hydroxyl groups is 1. The topological polar surface area (TPSA) is 109 Å². The van der Waals surface area contributed by atoms with Crippen molar-refractivity contribution >= 4 is 15.9 Å². The monoisotopic (exact) mass is 404 g/mol. The third-order valence-electron chi connectivity index (χ3n) is 4.45. The number of alkyl halides is 3. The highest BCUT2D eigenvalue weighted by molar-refractivity contribution is 7.86. The summed E-state index contributed by atoms with van der Waals surface area (Å²) in [7, 11) is -3.86. The van der Waals surface area contributed by atoms with Crippen LogP contribution in [0, 0.1) is 6.92 Å². The van der Waals surface area contributed by atoms with E-state index >= 15 is 0 Å². The Balaban J connectivity index is 2.24. The van der Waals surface area contributed by atoms with E-state index in [-0.39, 0.29) is 17.0 Å². The zero-order valence-electron chi connectivity index (χ0n) is 14.2. The van der Waals surface area contributed by atoms with Gasteiger partial charge in [-0.1, -0.05) is 6.07 Å². The molecule has 1 saturated carbocycles. The number of benzene rings is 1. The van der Waals surface area contributed by atoms with Gasteiger partial charge in [0.05, 0.1) is 11.3 Å². The number of carbonyl (C=O) groups is 1. The molecule has 0 aliphatic heterocycles. The first-order chi connectivity index (χ1) is 12.3. The molecule has 27 heavy (non-hydrogen) atoms. The molecule has 1 aromatic carbocycles. The van der Waals surface area contributed by atoms with Gasteiger partial charge < -0.3 is 5.11 Å². The number of ketones is 1. The molecule has 1 aliphatic rings. The first kappa shape index (κ1) is 19.4. The van der Waals surface area contributed by atoms with Crippen molar-refractivity contribution in [3.63, 3.8) is 0 Å². The molecule has 1 aliphatic carbocycles. The van der Waals surface area contributed by atoms with Crippen molar-refractivity contribution in [1.82, 2.24) is 9.78 Å². The van der Waals surface area contributed by atoms with Crippen LogP contribution in [0.2, 0.25) is 0 Å². The number of carbonyl (C=O) groups excluding carboxylic acids is 1. The van der Waals surface area contributed by atoms with Crippen LogP contribution in [0.25, 0.3) is 0 Å². The lowest BCUT2D eigenvalue weighted by Gasteiger charge is -2.16. The second-order valence-corrected chi connectivity index (χ2v) is 7.76. The van der Waals surface area contributed by atoms with Gasteiger partial charge in [-0.15, -0.1) is 0 Å². The average molecular weight is 404 g/mol. The van der Waals surface area contributed by atoms with Gasteiger partial charge in [0.2, 0.25) is 11.7 Å². The van der Waals surface area contributed by atoms with E-state index in [1.54, 1.807) is 0 Å². The van der Waals surface area contributed by atoms with E-state index in [2.05, 4.69) is 5.10 Å². The van der Waals surface area contributed by atoms with Crippen molar-refractivity contribution < 1.29 is 36.0 Å². The van der Waals surface area contributed by atoms with Crippen molar-refractivity contribution in [2.45, 2.75) is 36.8 Å². The van der Waals surface area contributed by atoms with Gasteiger partial charge in [-0.2, -0.15) is 26.7 Å². The first-order valence-electron chi connectivity index (χ1n) is 7.82. The van der Waals surface area contributed by atoms with E-state index in [1.165, 1.54) is 7.05 Å². The number of hydrogen-bond acceptors (Lipinski definition) is 5. The van der Waals surface area contributed by atoms with Gasteiger partial charge in [0.25, 0.3) is 10.1 Å². The molecule has 146 valence electrons. The maximum absolute atomic E-state index is 13.1. The van der Waals surface area contributed by atoms with Crippen LogP contribution in [-0.2, 0) is 23.3 Å². The Morgan fingerprint density at radius 3 is 2.37 bits per heavy atom. The molecule has 0 radical (unpaired) electrons. The summed E-state index contributed by atoms with van der Waals surface area (Å²) in [5.41, 5.74) is -2.36. The third-order valence-corrected chi connectivity index (χ3v) is 5.49. The van der Waals surface area contributed by atoms with E-state index in [0.29, 0.717) is 11.8 Å². The second kappa shape index (κ2) is 6.06. The van der Waals surface area contributed by atoms with Crippen LogP contribution in [0.4, 0.5) is 13.2 Å². The minimum absolute atomic E-state index is 0.0492. The Kier molecular flexibility index (Phi) is 4.35. The maximum atomic E-state index is 13.1. The SMILES string of the molecule is Cc1c(C(=O)c2c(C3CC3)nn(C)c2O)ccc(C(F)(F)F)c1S(=O)(=O)O. The predicted molar refractivity (Wildman–Crippen MR) is 86.3 cm³/mol. The summed E-state index contributed by atoms with van der Waals surface area (Å²) in [6.45, 7) is 0.996. The summed E-state index contributed by atoms with van der Waals surface area (Å²) >= 11 is 0. The number of halogens is 3. The van der Waals surface area contributed by atoms with Gasteiger partial charge in [-0.25, -0.2) is 4.68 Å². The highest BCUT2D eigenvalue weighted by Crippen LogP contribution is 2.44. The lowest BCUT2D eigenvalue weighted by Crippen LogP contribution is -2.17. The molecule has 0 amide bonds. The zero-order chi connectivity index (χ0) is 20.3. The Morgan fingerprint density at radius 1 is 1.30 bits per heavy atom. The van der Waals surface area contributed by atoms with E-state index in [1.807, 2.05) is 0 Å². The standard InChI is InChI=1S/C16H15F3N2O5S/c1-7-9(5-6-10(16(17,18)19)14(7)27(24,25)26)13(22)11-12(8-3-4-8)20-21(2)15(11)23/h5-6,8,23H,3-4H2,1-2H3,(H,24,25,26). The van der Waals surface area contributed by atoms with Gasteiger partial charge >= 0.3 is 6.18 Å². The minimum Gasteiger partial charge on any atom is -0.493 e. The molecule has 2 aromatic rings. The number of nitrogens with zero attached hydrogens (tertiary/aromatic N) is 2. The molecule has 1 fully saturated rings. The molecule has 1 aromatic heterocycles. The molecule has 0 spiro atoms. The second-order valence-electron chi connectivity index (χ2n) is 6.40. The van der Waals surface area contributed by atoms with Crippen molar-refractivity contribution in [3.05, 3.63) is 40.1 Å². The largest absolute Gasteiger partial charge is 0.493 e. The fraction of sp³-hybridized carbons (Fsp3) is 0.375. The van der Waals surface area contributed by atoms with Gasteiger partial charge in [-0.05, 0) is 31.4 Å². The van der Waals surface area contributed by atoms with E-state index in [4.69, 9.17) is 0 Å². The Morgan fingerprint density at radius 2 is 1.89 bits per heavy atom. The molecule has 0 bridgehead atoms. The highest BCUT2D eigenvalue weighted by atomic mass is 32.2. The number of hydrogen-bond donors (Lipinski definition) is 2. The van der Waals surface area contributed by atoms with Crippen LogP contribution in [-0.4, -0.2) is 33.6 Å². The minimum atomic E-state index is -5.26. The highest BCUT2D eigenvalue weighted by Gasteiger charge is 2.40. The van der Waals surface area contributed by atoms with Crippen LogP contribution in [0.1, 0.15) is 51.5 Å². The van der Waals surface area contributed by atoms with Crippen LogP contribution < -0.4 is 0 Å². The fourth-order valence-electron chi connectivity index (χ4n) is 3.02. The van der Waals surface area contributed by atoms with E-state index in [0.717, 1.165) is 30.5 Å². The van der Waals surface area contributed by atoms with E-state index < -0.39 is 44.0 Å². The molecular formula is C16H15F3N2O5S. The molecule has 0 unspecified atom stereocenters. The van der Waals surface area contributed by atoms with Crippen LogP contribution in [0.3, 0.4) is 0 Å². The quantitative estimate of drug-likeness (QED) is 0.599. The summed E-state index contributed by atoms with van der Waals surface area (Å²) < 4.78 is 72.9.